The molecule has 0 radical (unpaired) electrons. The molecule has 0 amide bonds. The van der Waals surface area contributed by atoms with Crippen molar-refractivity contribution in [3.63, 3.8) is 0 Å². The zero-order valence-electron chi connectivity index (χ0n) is 9.34. The van der Waals surface area contributed by atoms with Gasteiger partial charge in [0.25, 0.3) is 10.0 Å². The Kier molecular flexibility index (Phi) is 2.67. The van der Waals surface area contributed by atoms with E-state index in [2.05, 4.69) is 9.71 Å². The van der Waals surface area contributed by atoms with Crippen LogP contribution < -0.4 is 10.5 Å². The fraction of sp³-hybridized carbons (Fsp3) is 0.667. The summed E-state index contributed by atoms with van der Waals surface area (Å²) in [5, 5.41) is 0.0417. The Hall–Kier alpha value is -1.08. The minimum Gasteiger partial charge on any atom is -0.381 e. The molecule has 1 unspecified atom stereocenters. The first-order chi connectivity index (χ1) is 7.42. The largest absolute Gasteiger partial charge is 0.381 e. The third-order valence-electron chi connectivity index (χ3n) is 2.83. The third-order valence-corrected chi connectivity index (χ3v) is 4.52. The Bertz CT molecular complexity index is 470. The lowest BCUT2D eigenvalue weighted by atomic mass is 10.2. The molecule has 3 N–H and O–H groups in total. The second kappa shape index (κ2) is 3.74. The molecule has 90 valence electrons. The molecule has 1 aliphatic carbocycles. The summed E-state index contributed by atoms with van der Waals surface area (Å²) in [6, 6.07) is -0.0423. The highest BCUT2D eigenvalue weighted by atomic mass is 32.2. The van der Waals surface area contributed by atoms with Crippen LogP contribution in [0.4, 0.5) is 5.82 Å². The Morgan fingerprint density at radius 3 is 2.69 bits per heavy atom. The topological polar surface area (TPSA) is 90.0 Å². The number of sulfonamides is 1. The van der Waals surface area contributed by atoms with Gasteiger partial charge in [0.1, 0.15) is 0 Å². The number of aromatic nitrogens is 2. The molecule has 1 atom stereocenters. The molecule has 0 aliphatic heterocycles. The minimum absolute atomic E-state index is 0.0398. The number of imidazole rings is 1. The van der Waals surface area contributed by atoms with Crippen molar-refractivity contribution in [2.75, 3.05) is 5.73 Å². The predicted molar refractivity (Wildman–Crippen MR) is 60.1 cm³/mol. The van der Waals surface area contributed by atoms with Gasteiger partial charge in [-0.05, 0) is 25.7 Å². The summed E-state index contributed by atoms with van der Waals surface area (Å²) in [6.45, 7) is 1.88. The van der Waals surface area contributed by atoms with Crippen LogP contribution in [0, 0.1) is 5.92 Å². The van der Waals surface area contributed by atoms with E-state index in [1.165, 1.54) is 10.9 Å². The summed E-state index contributed by atoms with van der Waals surface area (Å²) >= 11 is 0. The van der Waals surface area contributed by atoms with Crippen molar-refractivity contribution in [2.45, 2.75) is 30.8 Å². The predicted octanol–water partition coefficient (Wildman–Crippen LogP) is 0.0791. The van der Waals surface area contributed by atoms with Crippen LogP contribution in [0.25, 0.3) is 0 Å². The van der Waals surface area contributed by atoms with Crippen LogP contribution in [0.5, 0.6) is 0 Å². The molecule has 16 heavy (non-hydrogen) atoms. The first kappa shape index (κ1) is 11.4. The van der Waals surface area contributed by atoms with Crippen LogP contribution in [-0.4, -0.2) is 24.0 Å². The van der Waals surface area contributed by atoms with Crippen LogP contribution >= 0.6 is 0 Å². The number of anilines is 1. The molecular weight excluding hydrogens is 228 g/mol. The van der Waals surface area contributed by atoms with Gasteiger partial charge in [-0.1, -0.05) is 0 Å². The van der Waals surface area contributed by atoms with Crippen LogP contribution in [-0.2, 0) is 17.1 Å². The van der Waals surface area contributed by atoms with Gasteiger partial charge in [0.05, 0.1) is 6.33 Å². The molecule has 6 nitrogen and oxygen atoms in total. The molecule has 0 saturated heterocycles. The molecule has 1 heterocycles. The quantitative estimate of drug-likeness (QED) is 0.784. The molecule has 1 fully saturated rings. The molecule has 1 saturated carbocycles. The fourth-order valence-electron chi connectivity index (χ4n) is 1.76. The standard InChI is InChI=1S/C9H16N4O2S/c1-6(7-3-4-7)12-16(14,15)9-8(10)11-5-13(9)2/h5-7,12H,3-4,10H2,1-2H3. The Balaban J connectivity index is 2.24. The van der Waals surface area contributed by atoms with Crippen molar-refractivity contribution in [1.29, 1.82) is 0 Å². The second-order valence-electron chi connectivity index (χ2n) is 4.29. The molecule has 1 aliphatic rings. The number of hydrogen-bond donors (Lipinski definition) is 2. The van der Waals surface area contributed by atoms with E-state index in [0.29, 0.717) is 5.92 Å². The zero-order chi connectivity index (χ0) is 11.9. The maximum atomic E-state index is 12.0. The first-order valence-corrected chi connectivity index (χ1v) is 6.69. The first-order valence-electron chi connectivity index (χ1n) is 5.21. The number of nitrogens with two attached hydrogens (primary N) is 1. The number of aryl methyl sites for hydroxylation is 1. The van der Waals surface area contributed by atoms with Crippen molar-refractivity contribution in [3.8, 4) is 0 Å². The summed E-state index contributed by atoms with van der Waals surface area (Å²) in [5.41, 5.74) is 5.54. The lowest BCUT2D eigenvalue weighted by molar-refractivity contribution is 0.531. The van der Waals surface area contributed by atoms with Gasteiger partial charge in [0.15, 0.2) is 10.8 Å². The molecule has 1 aromatic rings. The zero-order valence-corrected chi connectivity index (χ0v) is 10.2. The summed E-state index contributed by atoms with van der Waals surface area (Å²) < 4.78 is 28.1. The molecule has 2 rings (SSSR count). The molecular formula is C9H16N4O2S. The van der Waals surface area contributed by atoms with Crippen LogP contribution in [0.2, 0.25) is 0 Å². The maximum absolute atomic E-state index is 12.0. The summed E-state index contributed by atoms with van der Waals surface area (Å²) in [5.74, 6) is 0.502. The van der Waals surface area contributed by atoms with Crippen molar-refractivity contribution in [3.05, 3.63) is 6.33 Å². The van der Waals surface area contributed by atoms with Gasteiger partial charge in [-0.2, -0.15) is 0 Å². The van der Waals surface area contributed by atoms with E-state index in [4.69, 9.17) is 5.73 Å². The highest BCUT2D eigenvalue weighted by Crippen LogP contribution is 2.33. The Labute approximate surface area is 94.9 Å². The fourth-order valence-corrected chi connectivity index (χ4v) is 3.31. The number of hydrogen-bond acceptors (Lipinski definition) is 4. The summed E-state index contributed by atoms with van der Waals surface area (Å²) in [4.78, 5) is 3.77. The van der Waals surface area contributed by atoms with E-state index in [9.17, 15) is 8.42 Å². The van der Waals surface area contributed by atoms with Gasteiger partial charge in [0, 0.05) is 13.1 Å². The van der Waals surface area contributed by atoms with Crippen molar-refractivity contribution < 1.29 is 8.42 Å². The molecule has 0 bridgehead atoms. The van der Waals surface area contributed by atoms with E-state index < -0.39 is 10.0 Å². The third kappa shape index (κ3) is 2.05. The van der Waals surface area contributed by atoms with E-state index in [1.807, 2.05) is 6.92 Å². The lowest BCUT2D eigenvalue weighted by Gasteiger charge is -2.13. The van der Waals surface area contributed by atoms with Gasteiger partial charge in [-0.25, -0.2) is 18.1 Å². The minimum atomic E-state index is -3.56. The van der Waals surface area contributed by atoms with Crippen molar-refractivity contribution in [1.82, 2.24) is 14.3 Å². The smallest absolute Gasteiger partial charge is 0.260 e. The van der Waals surface area contributed by atoms with Crippen LogP contribution in [0.3, 0.4) is 0 Å². The Morgan fingerprint density at radius 2 is 2.25 bits per heavy atom. The van der Waals surface area contributed by atoms with E-state index in [1.54, 1.807) is 7.05 Å². The molecule has 0 aromatic carbocycles. The molecule has 1 aromatic heterocycles. The number of rotatable bonds is 4. The van der Waals surface area contributed by atoms with Crippen molar-refractivity contribution in [2.24, 2.45) is 13.0 Å². The average Bonchev–Trinajstić information content (AvgIpc) is 2.92. The van der Waals surface area contributed by atoms with Crippen LogP contribution in [0.1, 0.15) is 19.8 Å². The van der Waals surface area contributed by atoms with Gasteiger partial charge in [0.2, 0.25) is 0 Å². The SMILES string of the molecule is CC(NS(=O)(=O)c1c(N)ncn1C)C1CC1. The highest BCUT2D eigenvalue weighted by molar-refractivity contribution is 7.89. The number of nitrogens with zero attached hydrogens (tertiary/aromatic N) is 2. The normalized spacial score (nSPS) is 18.6. The molecule has 7 heteroatoms. The molecule has 0 spiro atoms. The number of nitrogen functional groups attached to an aromatic ring is 1. The van der Waals surface area contributed by atoms with Gasteiger partial charge in [-0.3, -0.25) is 0 Å². The van der Waals surface area contributed by atoms with Crippen LogP contribution in [0.15, 0.2) is 11.4 Å². The lowest BCUT2D eigenvalue weighted by Crippen LogP contribution is -2.35. The van der Waals surface area contributed by atoms with Crippen molar-refractivity contribution >= 4 is 15.8 Å². The maximum Gasteiger partial charge on any atom is 0.260 e. The van der Waals surface area contributed by atoms with Gasteiger partial charge < -0.3 is 10.3 Å². The second-order valence-corrected chi connectivity index (χ2v) is 5.92. The van der Waals surface area contributed by atoms with Gasteiger partial charge in [-0.15, -0.1) is 0 Å². The van der Waals surface area contributed by atoms with E-state index >= 15 is 0 Å². The van der Waals surface area contributed by atoms with E-state index in [-0.39, 0.29) is 16.9 Å². The van der Waals surface area contributed by atoms with E-state index in [0.717, 1.165) is 12.8 Å². The Morgan fingerprint density at radius 1 is 1.62 bits per heavy atom. The summed E-state index contributed by atoms with van der Waals surface area (Å²) in [7, 11) is -1.95. The highest BCUT2D eigenvalue weighted by Gasteiger charge is 2.32. The van der Waals surface area contributed by atoms with Gasteiger partial charge >= 0.3 is 0 Å². The summed E-state index contributed by atoms with van der Waals surface area (Å²) in [6.07, 6.45) is 3.57. The number of nitrogens with one attached hydrogen (secondary N) is 1. The average molecular weight is 244 g/mol. The monoisotopic (exact) mass is 244 g/mol.